The lowest BCUT2D eigenvalue weighted by Gasteiger charge is -2.10. The van der Waals surface area contributed by atoms with Crippen LogP contribution in [0.2, 0.25) is 0 Å². The van der Waals surface area contributed by atoms with Crippen LogP contribution in [0.1, 0.15) is 15.9 Å². The molecule has 130 valence electrons. The molecule has 0 saturated carbocycles. The molecule has 0 heterocycles. The highest BCUT2D eigenvalue weighted by molar-refractivity contribution is 5.91. The van der Waals surface area contributed by atoms with E-state index in [1.54, 1.807) is 12.1 Å². The van der Waals surface area contributed by atoms with Crippen LogP contribution in [0, 0.1) is 5.82 Å². The monoisotopic (exact) mass is 346 g/mol. The van der Waals surface area contributed by atoms with Crippen molar-refractivity contribution in [3.63, 3.8) is 0 Å². The Bertz CT molecular complexity index is 807. The van der Waals surface area contributed by atoms with E-state index in [-0.39, 0.29) is 17.1 Å². The smallest absolute Gasteiger partial charge is 0.427 e. The summed E-state index contributed by atoms with van der Waals surface area (Å²) in [5.41, 5.74) is 2.80. The lowest BCUT2D eigenvalue weighted by molar-refractivity contribution is 0.0729. The number of rotatable bonds is 5. The lowest BCUT2D eigenvalue weighted by atomic mass is 10.2. The molecule has 1 N–H and O–H groups in total. The predicted molar refractivity (Wildman–Crippen MR) is 87.5 cm³/mol. The van der Waals surface area contributed by atoms with Crippen LogP contribution in [0.25, 0.3) is 0 Å². The average molecular weight is 346 g/mol. The Morgan fingerprint density at radius 2 is 1.92 bits per heavy atom. The molecule has 0 saturated heterocycles. The number of hydrazone groups is 1. The fourth-order valence-corrected chi connectivity index (χ4v) is 1.83. The van der Waals surface area contributed by atoms with Crippen LogP contribution >= 0.6 is 0 Å². The average Bonchev–Trinajstić information content (AvgIpc) is 2.62. The molecule has 2 rings (SSSR count). The predicted octanol–water partition coefficient (Wildman–Crippen LogP) is 2.74. The van der Waals surface area contributed by atoms with Gasteiger partial charge in [-0.2, -0.15) is 5.10 Å². The highest BCUT2D eigenvalue weighted by Crippen LogP contribution is 2.28. The van der Waals surface area contributed by atoms with Crippen LogP contribution in [0.15, 0.2) is 47.6 Å². The maximum absolute atomic E-state index is 13.2. The van der Waals surface area contributed by atoms with Crippen molar-refractivity contribution in [3.05, 3.63) is 59.4 Å². The van der Waals surface area contributed by atoms with Gasteiger partial charge in [-0.15, -0.1) is 0 Å². The molecule has 0 aliphatic carbocycles. The van der Waals surface area contributed by atoms with Crippen molar-refractivity contribution in [1.82, 2.24) is 5.43 Å². The van der Waals surface area contributed by atoms with Gasteiger partial charge in [0.05, 0.1) is 26.0 Å². The number of nitrogens with one attached hydrogen (secondary N) is 1. The van der Waals surface area contributed by atoms with Crippen LogP contribution in [0.4, 0.5) is 9.18 Å². The molecule has 0 spiro atoms. The van der Waals surface area contributed by atoms with Crippen molar-refractivity contribution in [2.45, 2.75) is 0 Å². The summed E-state index contributed by atoms with van der Waals surface area (Å²) in [5, 5.41) is 3.68. The summed E-state index contributed by atoms with van der Waals surface area (Å²) in [6, 6.07) is 9.81. The van der Waals surface area contributed by atoms with E-state index < -0.39 is 17.9 Å². The summed E-state index contributed by atoms with van der Waals surface area (Å²) in [5.74, 6) is -0.820. The zero-order valence-electron chi connectivity index (χ0n) is 13.5. The SMILES string of the molecule is COC(=O)NN=Cc1ccc(OC(=O)c2cccc(F)c2)c(OC)c1. The molecule has 2 aromatic rings. The number of carbonyl (C=O) groups is 2. The van der Waals surface area contributed by atoms with Crippen LogP contribution in [0.3, 0.4) is 0 Å². The van der Waals surface area contributed by atoms with Crippen molar-refractivity contribution >= 4 is 18.3 Å². The third-order valence-electron chi connectivity index (χ3n) is 3.01. The second kappa shape index (κ2) is 8.44. The summed E-state index contributed by atoms with van der Waals surface area (Å²) in [6.45, 7) is 0. The van der Waals surface area contributed by atoms with Gasteiger partial charge in [0.1, 0.15) is 5.82 Å². The van der Waals surface area contributed by atoms with Crippen molar-refractivity contribution in [2.75, 3.05) is 14.2 Å². The Kier molecular flexibility index (Phi) is 6.05. The molecule has 0 atom stereocenters. The van der Waals surface area contributed by atoms with Gasteiger partial charge < -0.3 is 14.2 Å². The molecule has 0 radical (unpaired) electrons. The van der Waals surface area contributed by atoms with E-state index in [0.717, 1.165) is 6.07 Å². The third kappa shape index (κ3) is 5.03. The highest BCUT2D eigenvalue weighted by Gasteiger charge is 2.13. The zero-order chi connectivity index (χ0) is 18.2. The maximum atomic E-state index is 13.2. The van der Waals surface area contributed by atoms with Crippen molar-refractivity contribution in [3.8, 4) is 11.5 Å². The highest BCUT2D eigenvalue weighted by atomic mass is 19.1. The van der Waals surface area contributed by atoms with Gasteiger partial charge in [-0.05, 0) is 42.0 Å². The molecule has 0 unspecified atom stereocenters. The number of ether oxygens (including phenoxy) is 3. The molecular formula is C17H15FN2O5. The summed E-state index contributed by atoms with van der Waals surface area (Å²) in [7, 11) is 2.62. The van der Waals surface area contributed by atoms with E-state index in [9.17, 15) is 14.0 Å². The molecule has 0 aromatic heterocycles. The lowest BCUT2D eigenvalue weighted by Crippen LogP contribution is -2.16. The number of hydrogen-bond acceptors (Lipinski definition) is 6. The van der Waals surface area contributed by atoms with Gasteiger partial charge in [-0.25, -0.2) is 19.4 Å². The Hall–Kier alpha value is -3.42. The van der Waals surface area contributed by atoms with Gasteiger partial charge in [0, 0.05) is 0 Å². The molecule has 1 amide bonds. The van der Waals surface area contributed by atoms with Gasteiger partial charge >= 0.3 is 12.1 Å². The summed E-state index contributed by atoms with van der Waals surface area (Å²) >= 11 is 0. The molecule has 0 aliphatic rings. The first-order valence-electron chi connectivity index (χ1n) is 7.06. The van der Waals surface area contributed by atoms with Gasteiger partial charge in [-0.3, -0.25) is 0 Å². The quantitative estimate of drug-likeness (QED) is 0.389. The zero-order valence-corrected chi connectivity index (χ0v) is 13.5. The largest absolute Gasteiger partial charge is 0.493 e. The molecule has 25 heavy (non-hydrogen) atoms. The molecule has 2 aromatic carbocycles. The third-order valence-corrected chi connectivity index (χ3v) is 3.01. The van der Waals surface area contributed by atoms with Gasteiger partial charge in [0.15, 0.2) is 11.5 Å². The summed E-state index contributed by atoms with van der Waals surface area (Å²) in [4.78, 5) is 23.0. The molecule has 0 fully saturated rings. The minimum atomic E-state index is -0.716. The first-order chi connectivity index (χ1) is 12.0. The second-order valence-electron chi connectivity index (χ2n) is 4.67. The normalized spacial score (nSPS) is 10.4. The Morgan fingerprint density at radius 3 is 2.60 bits per heavy atom. The number of esters is 1. The molecule has 0 bridgehead atoms. The second-order valence-corrected chi connectivity index (χ2v) is 4.67. The van der Waals surface area contributed by atoms with E-state index >= 15 is 0 Å². The Labute approximate surface area is 143 Å². The van der Waals surface area contributed by atoms with Crippen molar-refractivity contribution in [2.24, 2.45) is 5.10 Å². The molecule has 0 aliphatic heterocycles. The van der Waals surface area contributed by atoms with E-state index in [4.69, 9.17) is 9.47 Å². The van der Waals surface area contributed by atoms with Crippen LogP contribution in [-0.2, 0) is 4.74 Å². The van der Waals surface area contributed by atoms with E-state index in [0.29, 0.717) is 5.56 Å². The van der Waals surface area contributed by atoms with Crippen molar-refractivity contribution < 1.29 is 28.2 Å². The topological polar surface area (TPSA) is 86.2 Å². The van der Waals surface area contributed by atoms with E-state index in [1.807, 2.05) is 0 Å². The van der Waals surface area contributed by atoms with E-state index in [1.165, 1.54) is 44.7 Å². The number of amides is 1. The number of halogens is 1. The van der Waals surface area contributed by atoms with Crippen LogP contribution in [0.5, 0.6) is 11.5 Å². The van der Waals surface area contributed by atoms with Crippen LogP contribution < -0.4 is 14.9 Å². The standard InChI is InChI=1S/C17H15FN2O5/c1-23-15-8-11(10-19-20-17(22)24-2)6-7-14(15)25-16(21)12-4-3-5-13(18)9-12/h3-10H,1-2H3,(H,20,22). The first-order valence-corrected chi connectivity index (χ1v) is 7.06. The number of methoxy groups -OCH3 is 2. The minimum Gasteiger partial charge on any atom is -0.493 e. The van der Waals surface area contributed by atoms with Gasteiger partial charge in [-0.1, -0.05) is 6.07 Å². The Morgan fingerprint density at radius 1 is 1.12 bits per heavy atom. The van der Waals surface area contributed by atoms with Crippen molar-refractivity contribution in [1.29, 1.82) is 0 Å². The number of benzene rings is 2. The summed E-state index contributed by atoms with van der Waals surface area (Å²) < 4.78 is 28.0. The Balaban J connectivity index is 2.13. The first kappa shape index (κ1) is 17.9. The van der Waals surface area contributed by atoms with Gasteiger partial charge in [0.2, 0.25) is 0 Å². The number of hydrogen-bond donors (Lipinski definition) is 1. The maximum Gasteiger partial charge on any atom is 0.427 e. The van der Waals surface area contributed by atoms with Crippen LogP contribution in [-0.4, -0.2) is 32.5 Å². The van der Waals surface area contributed by atoms with Gasteiger partial charge in [0.25, 0.3) is 0 Å². The number of nitrogens with zero attached hydrogens (tertiary/aromatic N) is 1. The fraction of sp³-hybridized carbons (Fsp3) is 0.118. The fourth-order valence-electron chi connectivity index (χ4n) is 1.83. The molecular weight excluding hydrogens is 331 g/mol. The molecule has 8 heteroatoms. The minimum absolute atomic E-state index is 0.0787. The summed E-state index contributed by atoms with van der Waals surface area (Å²) in [6.07, 6.45) is 0.654. The molecule has 7 nitrogen and oxygen atoms in total. The van der Waals surface area contributed by atoms with E-state index in [2.05, 4.69) is 15.3 Å². The number of carbonyl (C=O) groups excluding carboxylic acids is 2.